The Hall–Kier alpha value is -2.28. The van der Waals surface area contributed by atoms with Crippen molar-refractivity contribution in [2.45, 2.75) is 31.8 Å². The molecule has 0 aliphatic carbocycles. The summed E-state index contributed by atoms with van der Waals surface area (Å²) in [6, 6.07) is 9.77. The highest BCUT2D eigenvalue weighted by molar-refractivity contribution is 5.67. The third-order valence-electron chi connectivity index (χ3n) is 3.79. The minimum Gasteiger partial charge on any atom is -0.481 e. The number of benzene rings is 1. The number of likely N-dealkylation sites (tertiary alicyclic amines) is 1. The van der Waals surface area contributed by atoms with Crippen LogP contribution in [0.2, 0.25) is 0 Å². The predicted octanol–water partition coefficient (Wildman–Crippen LogP) is 1.10. The highest BCUT2D eigenvalue weighted by atomic mass is 16.4. The van der Waals surface area contributed by atoms with Gasteiger partial charge < -0.3 is 5.11 Å². The van der Waals surface area contributed by atoms with Gasteiger partial charge in [0.1, 0.15) is 0 Å². The lowest BCUT2D eigenvalue weighted by Crippen LogP contribution is -2.32. The molecule has 3 rings (SSSR count). The number of hydrogen-bond acceptors (Lipinski definition) is 5. The molecule has 2 heterocycles. The topological polar surface area (TPSA) is 84.1 Å². The van der Waals surface area contributed by atoms with Gasteiger partial charge in [0.15, 0.2) is 5.82 Å². The summed E-state index contributed by atoms with van der Waals surface area (Å²) in [5.74, 6) is -0.0203. The third kappa shape index (κ3) is 3.08. The molecule has 1 aliphatic heterocycles. The first-order valence-electron chi connectivity index (χ1n) is 7.02. The third-order valence-corrected chi connectivity index (χ3v) is 3.79. The summed E-state index contributed by atoms with van der Waals surface area (Å²) in [5.41, 5.74) is 0.909. The van der Waals surface area contributed by atoms with Crippen molar-refractivity contribution >= 4 is 5.97 Å². The van der Waals surface area contributed by atoms with Gasteiger partial charge in [-0.2, -0.15) is 4.68 Å². The summed E-state index contributed by atoms with van der Waals surface area (Å²) in [7, 11) is 0. The minimum atomic E-state index is -0.755. The molecule has 1 atom stereocenters. The molecule has 110 valence electrons. The Morgan fingerprint density at radius 2 is 2.14 bits per heavy atom. The van der Waals surface area contributed by atoms with Gasteiger partial charge in [-0.3, -0.25) is 9.69 Å². The molecule has 0 spiro atoms. The Bertz CT molecular complexity index is 613. The number of carbonyl (C=O) groups is 1. The van der Waals surface area contributed by atoms with Crippen molar-refractivity contribution in [2.24, 2.45) is 0 Å². The second kappa shape index (κ2) is 6.01. The SMILES string of the molecule is O=C(O)CC1CCCN1Cc1nnnn1-c1ccccc1. The van der Waals surface area contributed by atoms with Crippen LogP contribution in [0.5, 0.6) is 0 Å². The van der Waals surface area contributed by atoms with Gasteiger partial charge in [-0.25, -0.2) is 0 Å². The van der Waals surface area contributed by atoms with Crippen LogP contribution < -0.4 is 0 Å². The zero-order chi connectivity index (χ0) is 14.7. The van der Waals surface area contributed by atoms with E-state index in [1.807, 2.05) is 30.3 Å². The minimum absolute atomic E-state index is 0.0726. The van der Waals surface area contributed by atoms with E-state index in [4.69, 9.17) is 5.11 Å². The zero-order valence-corrected chi connectivity index (χ0v) is 11.6. The number of nitrogens with zero attached hydrogens (tertiary/aromatic N) is 5. The predicted molar refractivity (Wildman–Crippen MR) is 74.8 cm³/mol. The highest BCUT2D eigenvalue weighted by Crippen LogP contribution is 2.22. The zero-order valence-electron chi connectivity index (χ0n) is 11.6. The van der Waals surface area contributed by atoms with Crippen LogP contribution in [-0.2, 0) is 11.3 Å². The molecule has 1 aromatic carbocycles. The Kier molecular flexibility index (Phi) is 3.92. The number of carboxylic acid groups (broad SMARTS) is 1. The Labute approximate surface area is 122 Å². The molecule has 7 heteroatoms. The molecule has 1 unspecified atom stereocenters. The standard InChI is InChI=1S/C14H17N5O2/c20-14(21)9-12-7-4-8-18(12)10-13-15-16-17-19(13)11-5-2-1-3-6-11/h1-3,5-6,12H,4,7-10H2,(H,20,21). The first-order valence-corrected chi connectivity index (χ1v) is 7.02. The number of para-hydroxylation sites is 1. The van der Waals surface area contributed by atoms with Crippen molar-refractivity contribution < 1.29 is 9.90 Å². The van der Waals surface area contributed by atoms with Gasteiger partial charge in [-0.15, -0.1) is 5.10 Å². The molecule has 2 aromatic rings. The van der Waals surface area contributed by atoms with Crippen LogP contribution in [0.25, 0.3) is 5.69 Å². The van der Waals surface area contributed by atoms with Crippen molar-refractivity contribution in [3.8, 4) is 5.69 Å². The maximum Gasteiger partial charge on any atom is 0.304 e. The van der Waals surface area contributed by atoms with Crippen LogP contribution in [-0.4, -0.2) is 48.8 Å². The smallest absolute Gasteiger partial charge is 0.304 e. The van der Waals surface area contributed by atoms with Crippen LogP contribution in [0.15, 0.2) is 30.3 Å². The normalized spacial score (nSPS) is 19.0. The van der Waals surface area contributed by atoms with E-state index >= 15 is 0 Å². The molecule has 0 radical (unpaired) electrons. The van der Waals surface area contributed by atoms with E-state index in [-0.39, 0.29) is 12.5 Å². The van der Waals surface area contributed by atoms with E-state index in [9.17, 15) is 4.79 Å². The van der Waals surface area contributed by atoms with Crippen LogP contribution in [0, 0.1) is 0 Å². The molecular formula is C14H17N5O2. The van der Waals surface area contributed by atoms with Gasteiger partial charge in [0, 0.05) is 6.04 Å². The fraction of sp³-hybridized carbons (Fsp3) is 0.429. The molecule has 21 heavy (non-hydrogen) atoms. The summed E-state index contributed by atoms with van der Waals surface area (Å²) in [6.45, 7) is 1.46. The van der Waals surface area contributed by atoms with Gasteiger partial charge in [-0.1, -0.05) is 18.2 Å². The monoisotopic (exact) mass is 287 g/mol. The molecule has 0 amide bonds. The molecule has 0 saturated carbocycles. The van der Waals surface area contributed by atoms with E-state index in [0.717, 1.165) is 30.9 Å². The molecule has 1 fully saturated rings. The fourth-order valence-corrected chi connectivity index (χ4v) is 2.79. The lowest BCUT2D eigenvalue weighted by molar-refractivity contribution is -0.138. The van der Waals surface area contributed by atoms with E-state index in [1.165, 1.54) is 0 Å². The number of tetrazole rings is 1. The number of aromatic nitrogens is 4. The molecule has 1 aromatic heterocycles. The average Bonchev–Trinajstić information content (AvgIpc) is 3.10. The number of carboxylic acids is 1. The molecule has 1 aliphatic rings. The number of rotatable bonds is 5. The maximum absolute atomic E-state index is 10.9. The second-order valence-corrected chi connectivity index (χ2v) is 5.21. The van der Waals surface area contributed by atoms with Crippen LogP contribution in [0.4, 0.5) is 0 Å². The summed E-state index contributed by atoms with van der Waals surface area (Å²) < 4.78 is 1.70. The average molecular weight is 287 g/mol. The van der Waals surface area contributed by atoms with E-state index < -0.39 is 5.97 Å². The van der Waals surface area contributed by atoms with Crippen molar-refractivity contribution in [1.82, 2.24) is 25.1 Å². The Balaban J connectivity index is 1.77. The lowest BCUT2D eigenvalue weighted by Gasteiger charge is -2.22. The lowest BCUT2D eigenvalue weighted by atomic mass is 10.1. The Morgan fingerprint density at radius 1 is 1.33 bits per heavy atom. The molecule has 7 nitrogen and oxygen atoms in total. The van der Waals surface area contributed by atoms with E-state index in [2.05, 4.69) is 20.4 Å². The van der Waals surface area contributed by atoms with Crippen molar-refractivity contribution in [2.75, 3.05) is 6.54 Å². The number of hydrogen-bond donors (Lipinski definition) is 1. The van der Waals surface area contributed by atoms with Crippen LogP contribution in [0.1, 0.15) is 25.1 Å². The van der Waals surface area contributed by atoms with E-state index in [1.54, 1.807) is 4.68 Å². The number of aliphatic carboxylic acids is 1. The van der Waals surface area contributed by atoms with Crippen molar-refractivity contribution in [3.63, 3.8) is 0 Å². The summed E-state index contributed by atoms with van der Waals surface area (Å²) in [4.78, 5) is 13.1. The Morgan fingerprint density at radius 3 is 2.90 bits per heavy atom. The molecule has 1 saturated heterocycles. The van der Waals surface area contributed by atoms with Gasteiger partial charge in [0.25, 0.3) is 0 Å². The van der Waals surface area contributed by atoms with Gasteiger partial charge in [0.2, 0.25) is 0 Å². The highest BCUT2D eigenvalue weighted by Gasteiger charge is 2.28. The quantitative estimate of drug-likeness (QED) is 0.886. The fourth-order valence-electron chi connectivity index (χ4n) is 2.79. The summed E-state index contributed by atoms with van der Waals surface area (Å²) in [6.07, 6.45) is 2.11. The largest absolute Gasteiger partial charge is 0.481 e. The second-order valence-electron chi connectivity index (χ2n) is 5.21. The maximum atomic E-state index is 10.9. The van der Waals surface area contributed by atoms with Gasteiger partial charge in [-0.05, 0) is 41.9 Å². The summed E-state index contributed by atoms with van der Waals surface area (Å²) >= 11 is 0. The molecule has 1 N–H and O–H groups in total. The van der Waals surface area contributed by atoms with Gasteiger partial charge in [0.05, 0.1) is 18.7 Å². The van der Waals surface area contributed by atoms with Crippen LogP contribution >= 0.6 is 0 Å². The summed E-state index contributed by atoms with van der Waals surface area (Å²) in [5, 5.41) is 20.8. The van der Waals surface area contributed by atoms with Crippen molar-refractivity contribution in [3.05, 3.63) is 36.2 Å². The van der Waals surface area contributed by atoms with Crippen LogP contribution in [0.3, 0.4) is 0 Å². The molecular weight excluding hydrogens is 270 g/mol. The van der Waals surface area contributed by atoms with Crippen molar-refractivity contribution in [1.29, 1.82) is 0 Å². The van der Waals surface area contributed by atoms with E-state index in [0.29, 0.717) is 6.54 Å². The van der Waals surface area contributed by atoms with Gasteiger partial charge >= 0.3 is 5.97 Å². The first-order chi connectivity index (χ1) is 10.2. The molecule has 0 bridgehead atoms. The first kappa shape index (κ1) is 13.7.